The minimum atomic E-state index is -0.218. The first-order valence-electron chi connectivity index (χ1n) is 9.51. The Balaban J connectivity index is 1.60. The summed E-state index contributed by atoms with van der Waals surface area (Å²) < 4.78 is 6.84. The second-order valence-corrected chi connectivity index (χ2v) is 9.16. The zero-order valence-electron chi connectivity index (χ0n) is 16.1. The van der Waals surface area contributed by atoms with Gasteiger partial charge in [-0.3, -0.25) is 4.90 Å². The molecule has 7 nitrogen and oxygen atoms in total. The molecule has 1 aromatic carbocycles. The van der Waals surface area contributed by atoms with E-state index in [1.165, 1.54) is 15.9 Å². The molecule has 30 heavy (non-hydrogen) atoms. The zero-order valence-corrected chi connectivity index (χ0v) is 18.5. The lowest BCUT2D eigenvalue weighted by Gasteiger charge is -2.38. The van der Waals surface area contributed by atoms with Gasteiger partial charge in [0.1, 0.15) is 0 Å². The summed E-state index contributed by atoms with van der Waals surface area (Å²) in [5.74, 6) is 1.06. The largest absolute Gasteiger partial charge is 0.492 e. The predicted octanol–water partition coefficient (Wildman–Crippen LogP) is 4.40. The number of hydrogen-bond donors (Lipinski definition) is 1. The predicted molar refractivity (Wildman–Crippen MR) is 118 cm³/mol. The van der Waals surface area contributed by atoms with Crippen molar-refractivity contribution in [1.29, 1.82) is 0 Å². The van der Waals surface area contributed by atoms with Crippen LogP contribution in [0.2, 0.25) is 10.0 Å². The maximum Gasteiger partial charge on any atom is 0.230 e. The van der Waals surface area contributed by atoms with E-state index in [4.69, 9.17) is 27.6 Å². The van der Waals surface area contributed by atoms with Gasteiger partial charge >= 0.3 is 0 Å². The number of piperazine rings is 1. The Hall–Kier alpha value is -2.10. The Kier molecular flexibility index (Phi) is 5.20. The number of aromatic nitrogens is 3. The van der Waals surface area contributed by atoms with Crippen molar-refractivity contribution in [2.24, 2.45) is 0 Å². The molecule has 0 aliphatic carbocycles. The molecule has 1 N–H and O–H groups in total. The highest BCUT2D eigenvalue weighted by atomic mass is 35.5. The highest BCUT2D eigenvalue weighted by molar-refractivity contribution is 7.17. The SMILES string of the molecule is CN1CCN([C@@H](c2ccc(Cl)cc2Cl)c2sc3nc(-c4ccco4)nn3c2O)CC1. The van der Waals surface area contributed by atoms with Crippen LogP contribution in [0.4, 0.5) is 0 Å². The van der Waals surface area contributed by atoms with E-state index in [1.54, 1.807) is 24.5 Å². The molecule has 4 aromatic rings. The van der Waals surface area contributed by atoms with Crippen LogP contribution in [0.15, 0.2) is 41.0 Å². The van der Waals surface area contributed by atoms with Crippen molar-refractivity contribution < 1.29 is 9.52 Å². The van der Waals surface area contributed by atoms with Gasteiger partial charge in [-0.1, -0.05) is 40.6 Å². The number of thiazole rings is 1. The van der Waals surface area contributed by atoms with Crippen LogP contribution in [-0.2, 0) is 0 Å². The quantitative estimate of drug-likeness (QED) is 0.483. The average Bonchev–Trinajstić information content (AvgIpc) is 3.44. The molecule has 0 unspecified atom stereocenters. The number of furan rings is 1. The van der Waals surface area contributed by atoms with Crippen molar-refractivity contribution in [3.05, 3.63) is 57.1 Å². The van der Waals surface area contributed by atoms with E-state index in [1.807, 2.05) is 12.1 Å². The monoisotopic (exact) mass is 463 g/mol. The third-order valence-corrected chi connectivity index (χ3v) is 6.98. The van der Waals surface area contributed by atoms with E-state index in [9.17, 15) is 5.11 Å². The molecule has 1 saturated heterocycles. The molecule has 1 aliphatic rings. The molecule has 1 fully saturated rings. The number of hydrogen-bond acceptors (Lipinski definition) is 7. The number of likely N-dealkylation sites (N-methyl/N-ethyl adjacent to an activating group) is 1. The molecule has 0 radical (unpaired) electrons. The number of aromatic hydroxyl groups is 1. The molecule has 0 amide bonds. The van der Waals surface area contributed by atoms with E-state index in [2.05, 4.69) is 26.9 Å². The highest BCUT2D eigenvalue weighted by Gasteiger charge is 2.32. The van der Waals surface area contributed by atoms with Crippen molar-refractivity contribution in [1.82, 2.24) is 24.4 Å². The van der Waals surface area contributed by atoms with Gasteiger partial charge in [0.25, 0.3) is 0 Å². The van der Waals surface area contributed by atoms with Crippen LogP contribution in [0.25, 0.3) is 16.5 Å². The number of halogens is 2. The van der Waals surface area contributed by atoms with Crippen LogP contribution in [0.5, 0.6) is 5.88 Å². The molecule has 0 saturated carbocycles. The van der Waals surface area contributed by atoms with Gasteiger partial charge in [0.15, 0.2) is 5.76 Å². The van der Waals surface area contributed by atoms with Crippen molar-refractivity contribution in [3.63, 3.8) is 0 Å². The lowest BCUT2D eigenvalue weighted by molar-refractivity contribution is 0.127. The fraction of sp³-hybridized carbons (Fsp3) is 0.300. The normalized spacial score (nSPS) is 17.0. The Bertz CT molecular complexity index is 1180. The standard InChI is InChI=1S/C20H19Cl2N5O2S/c1-25-6-8-26(9-7-25)16(13-5-4-12(21)11-14(13)22)17-19(28)27-20(30-17)23-18(24-27)15-3-2-10-29-15/h2-5,10-11,16,28H,6-9H2,1H3/t16-/m0/s1. The zero-order chi connectivity index (χ0) is 20.8. The molecule has 3 aromatic heterocycles. The van der Waals surface area contributed by atoms with Gasteiger partial charge in [0, 0.05) is 36.2 Å². The summed E-state index contributed by atoms with van der Waals surface area (Å²) in [6, 6.07) is 8.85. The molecule has 4 heterocycles. The summed E-state index contributed by atoms with van der Waals surface area (Å²) >= 11 is 14.1. The molecule has 1 atom stereocenters. The lowest BCUT2D eigenvalue weighted by Crippen LogP contribution is -2.46. The smallest absolute Gasteiger partial charge is 0.230 e. The molecule has 0 spiro atoms. The van der Waals surface area contributed by atoms with Gasteiger partial charge in [-0.05, 0) is 36.9 Å². The summed E-state index contributed by atoms with van der Waals surface area (Å²) in [5.41, 5.74) is 0.900. The van der Waals surface area contributed by atoms with Gasteiger partial charge in [-0.25, -0.2) is 0 Å². The van der Waals surface area contributed by atoms with Crippen molar-refractivity contribution in [2.75, 3.05) is 33.2 Å². The molecular weight excluding hydrogens is 445 g/mol. The first-order valence-corrected chi connectivity index (χ1v) is 11.1. The van der Waals surface area contributed by atoms with Crippen LogP contribution in [0.1, 0.15) is 16.5 Å². The number of fused-ring (bicyclic) bond motifs is 1. The lowest BCUT2D eigenvalue weighted by atomic mass is 10.0. The molecule has 5 rings (SSSR count). The van der Waals surface area contributed by atoms with Gasteiger partial charge in [-0.15, -0.1) is 5.10 Å². The molecule has 1 aliphatic heterocycles. The Morgan fingerprint density at radius 1 is 1.17 bits per heavy atom. The van der Waals surface area contributed by atoms with E-state index < -0.39 is 0 Å². The Morgan fingerprint density at radius 3 is 2.63 bits per heavy atom. The third-order valence-electron chi connectivity index (χ3n) is 5.35. The van der Waals surface area contributed by atoms with Crippen LogP contribution in [-0.4, -0.2) is 62.7 Å². The summed E-state index contributed by atoms with van der Waals surface area (Å²) in [4.78, 5) is 10.5. The fourth-order valence-corrected chi connectivity index (χ4v) is 5.37. The summed E-state index contributed by atoms with van der Waals surface area (Å²) in [6.45, 7) is 3.58. The average molecular weight is 464 g/mol. The summed E-state index contributed by atoms with van der Waals surface area (Å²) in [6.07, 6.45) is 1.57. The summed E-state index contributed by atoms with van der Waals surface area (Å²) in [5, 5.41) is 16.7. The highest BCUT2D eigenvalue weighted by Crippen LogP contribution is 2.43. The maximum absolute atomic E-state index is 11.1. The van der Waals surface area contributed by atoms with Gasteiger partial charge in [0.2, 0.25) is 16.7 Å². The van der Waals surface area contributed by atoms with Gasteiger partial charge < -0.3 is 14.4 Å². The van der Waals surface area contributed by atoms with Gasteiger partial charge in [0.05, 0.1) is 17.2 Å². The van der Waals surface area contributed by atoms with Crippen molar-refractivity contribution >= 4 is 39.5 Å². The fourth-order valence-electron chi connectivity index (χ4n) is 3.75. The first kappa shape index (κ1) is 19.8. The number of benzene rings is 1. The second kappa shape index (κ2) is 7.86. The van der Waals surface area contributed by atoms with Crippen molar-refractivity contribution in [2.45, 2.75) is 6.04 Å². The van der Waals surface area contributed by atoms with Crippen LogP contribution in [0, 0.1) is 0 Å². The van der Waals surface area contributed by atoms with E-state index in [0.717, 1.165) is 36.6 Å². The van der Waals surface area contributed by atoms with Crippen LogP contribution >= 0.6 is 34.5 Å². The molecule has 156 valence electrons. The van der Waals surface area contributed by atoms with Crippen LogP contribution in [0.3, 0.4) is 0 Å². The minimum absolute atomic E-state index is 0.0650. The minimum Gasteiger partial charge on any atom is -0.492 e. The molecular formula is C20H19Cl2N5O2S. The van der Waals surface area contributed by atoms with Gasteiger partial charge in [-0.2, -0.15) is 9.50 Å². The maximum atomic E-state index is 11.1. The first-order chi connectivity index (χ1) is 14.5. The van der Waals surface area contributed by atoms with Crippen LogP contribution < -0.4 is 0 Å². The summed E-state index contributed by atoms with van der Waals surface area (Å²) in [7, 11) is 2.11. The third kappa shape index (κ3) is 3.48. The van der Waals surface area contributed by atoms with Crippen molar-refractivity contribution in [3.8, 4) is 17.5 Å². The van der Waals surface area contributed by atoms with E-state index >= 15 is 0 Å². The number of rotatable bonds is 4. The second-order valence-electron chi connectivity index (χ2n) is 7.30. The Labute approximate surface area is 187 Å². The molecule has 10 heteroatoms. The Morgan fingerprint density at radius 2 is 1.97 bits per heavy atom. The topological polar surface area (TPSA) is 70.0 Å². The molecule has 0 bridgehead atoms. The number of nitrogens with zero attached hydrogens (tertiary/aromatic N) is 5. The van der Waals surface area contributed by atoms with E-state index in [-0.39, 0.29) is 11.9 Å². The van der Waals surface area contributed by atoms with E-state index in [0.29, 0.717) is 26.6 Å².